The van der Waals surface area contributed by atoms with Crippen molar-refractivity contribution in [1.82, 2.24) is 45.3 Å². The van der Waals surface area contributed by atoms with Gasteiger partial charge in [0.05, 0.1) is 30.4 Å². The van der Waals surface area contributed by atoms with Crippen molar-refractivity contribution in [3.05, 3.63) is 186 Å². The summed E-state index contributed by atoms with van der Waals surface area (Å²) in [6, 6.07) is 39.4. The van der Waals surface area contributed by atoms with Crippen molar-refractivity contribution in [2.24, 2.45) is 0 Å². The van der Waals surface area contributed by atoms with Crippen LogP contribution in [-0.4, -0.2) is 47.4 Å². The van der Waals surface area contributed by atoms with E-state index in [1.807, 2.05) is 84.9 Å². The summed E-state index contributed by atoms with van der Waals surface area (Å²) in [5.74, 6) is 0. The molecule has 0 spiro atoms. The van der Waals surface area contributed by atoms with Crippen LogP contribution in [0.3, 0.4) is 0 Å². The molecule has 0 radical (unpaired) electrons. The fraction of sp³-hybridized carbons (Fsp3) is 0.0851. The SMILES string of the molecule is N#Cc1cnn(C(=O)NCc2ccc3ccc(Cc4cnn(C(=O)NCc5ccc6ccc(-c7cnn(C(=O)NCc8ccc9ccccc9c8)c7)cc6c5)c4)cc3c2)c1. The van der Waals surface area contributed by atoms with Crippen LogP contribution in [0.2, 0.25) is 0 Å². The van der Waals surface area contributed by atoms with E-state index in [0.717, 1.165) is 75.9 Å². The Labute approximate surface area is 343 Å². The van der Waals surface area contributed by atoms with E-state index < -0.39 is 6.03 Å². The van der Waals surface area contributed by atoms with Crippen LogP contribution in [-0.2, 0) is 26.1 Å². The van der Waals surface area contributed by atoms with E-state index in [-0.39, 0.29) is 12.1 Å². The zero-order chi connectivity index (χ0) is 41.0. The minimum absolute atomic E-state index is 0.297. The molecule has 0 saturated carbocycles. The van der Waals surface area contributed by atoms with Crippen molar-refractivity contribution >= 4 is 50.4 Å². The third kappa shape index (κ3) is 8.20. The van der Waals surface area contributed by atoms with Gasteiger partial charge in [0.1, 0.15) is 6.07 Å². The third-order valence-electron chi connectivity index (χ3n) is 10.3. The lowest BCUT2D eigenvalue weighted by molar-refractivity contribution is 0.238. The molecule has 60 heavy (non-hydrogen) atoms. The molecule has 13 heteroatoms. The van der Waals surface area contributed by atoms with Gasteiger partial charge in [-0.1, -0.05) is 91.0 Å². The topological polar surface area (TPSA) is 165 Å². The Balaban J connectivity index is 0.795. The Morgan fingerprint density at radius 2 is 0.950 bits per heavy atom. The molecule has 0 aliphatic rings. The maximum atomic E-state index is 13.1. The predicted octanol–water partition coefficient (Wildman–Crippen LogP) is 8.14. The molecular formula is C47H36N10O3. The number of amides is 3. The van der Waals surface area contributed by atoms with E-state index in [2.05, 4.69) is 67.6 Å². The molecule has 0 atom stereocenters. The van der Waals surface area contributed by atoms with E-state index in [1.54, 1.807) is 24.8 Å². The molecule has 3 N–H and O–H groups in total. The predicted molar refractivity (Wildman–Crippen MR) is 228 cm³/mol. The second-order valence-corrected chi connectivity index (χ2v) is 14.5. The largest absolute Gasteiger partial charge is 0.342 e. The maximum absolute atomic E-state index is 13.1. The standard InChI is InChI=1S/C47H36N10O3/c48-21-36-26-53-56(29-36)46(59)50-23-33-7-11-38-9-5-31(16-42(38)18-33)15-35-25-52-55(28-35)45(58)49-24-34-8-12-39-13-14-41(20-43(39)19-34)44-27-54-57(30-44)47(60)51-22-32-6-10-37-3-1-2-4-40(37)17-32/h1-14,16-20,25-30H,15,22-24H2,(H,49,58)(H,50,59)(H,51,60). The first-order valence-electron chi connectivity index (χ1n) is 19.2. The fourth-order valence-electron chi connectivity index (χ4n) is 7.15. The molecule has 3 heterocycles. The van der Waals surface area contributed by atoms with Gasteiger partial charge in [-0.05, 0) is 90.0 Å². The number of nitriles is 1. The van der Waals surface area contributed by atoms with Crippen molar-refractivity contribution in [3.63, 3.8) is 0 Å². The van der Waals surface area contributed by atoms with Crippen LogP contribution < -0.4 is 16.0 Å². The van der Waals surface area contributed by atoms with Gasteiger partial charge in [-0.25, -0.2) is 14.4 Å². The summed E-state index contributed by atoms with van der Waals surface area (Å²) in [5.41, 5.74) is 6.81. The number of nitrogens with zero attached hydrogens (tertiary/aromatic N) is 7. The minimum atomic E-state index is -0.420. The van der Waals surface area contributed by atoms with Crippen LogP contribution >= 0.6 is 0 Å². The van der Waals surface area contributed by atoms with Crippen molar-refractivity contribution in [3.8, 4) is 17.2 Å². The molecule has 3 aromatic heterocycles. The van der Waals surface area contributed by atoms with E-state index in [9.17, 15) is 14.4 Å². The number of nitrogens with one attached hydrogen (secondary N) is 3. The molecule has 9 rings (SSSR count). The molecule has 0 aliphatic carbocycles. The molecule has 0 saturated heterocycles. The summed E-state index contributed by atoms with van der Waals surface area (Å²) in [5, 5.41) is 36.7. The number of hydrogen-bond acceptors (Lipinski definition) is 7. The molecule has 6 aromatic carbocycles. The summed E-state index contributed by atoms with van der Waals surface area (Å²) < 4.78 is 3.73. The summed E-state index contributed by atoms with van der Waals surface area (Å²) in [4.78, 5) is 38.6. The van der Waals surface area contributed by atoms with E-state index >= 15 is 0 Å². The normalized spacial score (nSPS) is 11.1. The Kier molecular flexibility index (Phi) is 10.1. The Hall–Kier alpha value is -8.37. The number of rotatable bonds is 9. The number of carbonyl (C=O) groups is 3. The second kappa shape index (κ2) is 16.2. The zero-order valence-corrected chi connectivity index (χ0v) is 32.1. The van der Waals surface area contributed by atoms with Gasteiger partial charge in [-0.2, -0.15) is 34.6 Å². The van der Waals surface area contributed by atoms with E-state index in [1.165, 1.54) is 21.8 Å². The molecule has 13 nitrogen and oxygen atoms in total. The van der Waals surface area contributed by atoms with Gasteiger partial charge in [0.25, 0.3) is 0 Å². The average Bonchev–Trinajstić information content (AvgIpc) is 4.09. The van der Waals surface area contributed by atoms with Gasteiger partial charge in [-0.3, -0.25) is 0 Å². The fourth-order valence-corrected chi connectivity index (χ4v) is 7.15. The van der Waals surface area contributed by atoms with Crippen LogP contribution in [0.5, 0.6) is 0 Å². The lowest BCUT2D eigenvalue weighted by Crippen LogP contribution is -2.28. The van der Waals surface area contributed by atoms with Crippen molar-refractivity contribution in [1.29, 1.82) is 5.26 Å². The highest BCUT2D eigenvalue weighted by Crippen LogP contribution is 2.26. The van der Waals surface area contributed by atoms with Gasteiger partial charge in [0, 0.05) is 44.0 Å². The third-order valence-corrected chi connectivity index (χ3v) is 10.3. The number of fused-ring (bicyclic) bond motifs is 3. The first-order valence-corrected chi connectivity index (χ1v) is 19.2. The van der Waals surface area contributed by atoms with Crippen LogP contribution in [0.25, 0.3) is 43.4 Å². The summed E-state index contributed by atoms with van der Waals surface area (Å²) in [6.45, 7) is 0.988. The highest BCUT2D eigenvalue weighted by Gasteiger charge is 2.12. The van der Waals surface area contributed by atoms with E-state index in [0.29, 0.717) is 31.6 Å². The van der Waals surface area contributed by atoms with Crippen molar-refractivity contribution in [2.45, 2.75) is 26.1 Å². The maximum Gasteiger partial charge on any atom is 0.342 e. The molecule has 0 aliphatic heterocycles. The van der Waals surface area contributed by atoms with Gasteiger partial charge in [0.2, 0.25) is 0 Å². The average molecular weight is 789 g/mol. The molecule has 0 unspecified atom stereocenters. The summed E-state index contributed by atoms with van der Waals surface area (Å²) >= 11 is 0. The van der Waals surface area contributed by atoms with Gasteiger partial charge >= 0.3 is 18.1 Å². The first kappa shape index (κ1) is 37.2. The lowest BCUT2D eigenvalue weighted by atomic mass is 10.0. The molecule has 0 bridgehead atoms. The smallest absolute Gasteiger partial charge is 0.332 e. The molecule has 0 fully saturated rings. The van der Waals surface area contributed by atoms with Crippen LogP contribution in [0.4, 0.5) is 14.4 Å². The zero-order valence-electron chi connectivity index (χ0n) is 32.1. The van der Waals surface area contributed by atoms with Crippen LogP contribution in [0, 0.1) is 11.3 Å². The number of aromatic nitrogens is 6. The Bertz CT molecular complexity index is 3130. The molecular weight excluding hydrogens is 753 g/mol. The highest BCUT2D eigenvalue weighted by atomic mass is 16.2. The minimum Gasteiger partial charge on any atom is -0.332 e. The van der Waals surface area contributed by atoms with Crippen molar-refractivity contribution < 1.29 is 14.4 Å². The van der Waals surface area contributed by atoms with E-state index in [4.69, 9.17) is 5.26 Å². The Morgan fingerprint density at radius 1 is 0.467 bits per heavy atom. The number of carbonyl (C=O) groups excluding carboxylic acids is 3. The van der Waals surface area contributed by atoms with Gasteiger partial charge in [0.15, 0.2) is 0 Å². The second-order valence-electron chi connectivity index (χ2n) is 14.5. The van der Waals surface area contributed by atoms with Crippen molar-refractivity contribution in [2.75, 3.05) is 0 Å². The summed E-state index contributed by atoms with van der Waals surface area (Å²) in [7, 11) is 0. The van der Waals surface area contributed by atoms with Crippen LogP contribution in [0.1, 0.15) is 33.4 Å². The lowest BCUT2D eigenvalue weighted by Gasteiger charge is -2.08. The molecule has 3 amide bonds. The van der Waals surface area contributed by atoms with Gasteiger partial charge < -0.3 is 16.0 Å². The molecule has 9 aromatic rings. The highest BCUT2D eigenvalue weighted by molar-refractivity contribution is 5.89. The summed E-state index contributed by atoms with van der Waals surface area (Å²) in [6.07, 6.45) is 10.1. The monoisotopic (exact) mass is 788 g/mol. The number of hydrogen-bond donors (Lipinski definition) is 3. The van der Waals surface area contributed by atoms with Gasteiger partial charge in [-0.15, -0.1) is 0 Å². The first-order chi connectivity index (χ1) is 29.3. The Morgan fingerprint density at radius 3 is 1.58 bits per heavy atom. The quantitative estimate of drug-likeness (QED) is 0.133. The van der Waals surface area contributed by atoms with Crippen LogP contribution in [0.15, 0.2) is 152 Å². The number of benzene rings is 6. The molecule has 292 valence electrons.